The van der Waals surface area contributed by atoms with Crippen LogP contribution in [0.4, 0.5) is 52.7 Å². The fourth-order valence-electron chi connectivity index (χ4n) is 15.1. The van der Waals surface area contributed by atoms with Crippen LogP contribution in [0.25, 0.3) is 0 Å². The maximum absolute atomic E-state index is 15.7. The van der Waals surface area contributed by atoms with Crippen LogP contribution in [0.1, 0.15) is 168 Å². The molecule has 5 aromatic heterocycles. The van der Waals surface area contributed by atoms with Gasteiger partial charge in [0.05, 0.1) is 63.5 Å². The molecule has 7 aromatic rings. The summed E-state index contributed by atoms with van der Waals surface area (Å²) in [6.07, 6.45) is -19.2. The number of nitrogens with zero attached hydrogens (tertiary/aromatic N) is 10. The van der Waals surface area contributed by atoms with E-state index in [2.05, 4.69) is 36.7 Å². The lowest BCUT2D eigenvalue weighted by atomic mass is 9.71. The van der Waals surface area contributed by atoms with Gasteiger partial charge in [0, 0.05) is 111 Å². The molecule has 568 valence electrons. The molecular weight excluding hydrogens is 1460 g/mol. The highest BCUT2D eigenvalue weighted by Gasteiger charge is 2.60. The fraction of sp³-hybridized carbons (Fsp3) is 0.493. The largest absolute Gasteiger partial charge is 0.493 e. The molecule has 21 nitrogen and oxygen atoms in total. The van der Waals surface area contributed by atoms with Crippen molar-refractivity contribution in [1.29, 1.82) is 5.26 Å². The molecule has 4 amide bonds. The van der Waals surface area contributed by atoms with E-state index in [0.717, 1.165) is 39.2 Å². The van der Waals surface area contributed by atoms with E-state index in [0.29, 0.717) is 52.5 Å². The first kappa shape index (κ1) is 77.9. The summed E-state index contributed by atoms with van der Waals surface area (Å²) in [4.78, 5) is 71.8. The van der Waals surface area contributed by atoms with E-state index in [4.69, 9.17) is 18.9 Å². The zero-order chi connectivity index (χ0) is 76.2. The second-order valence-corrected chi connectivity index (χ2v) is 28.4. The van der Waals surface area contributed by atoms with Crippen LogP contribution in [0.2, 0.25) is 0 Å². The number of hydrogen-bond acceptors (Lipinski definition) is 18. The number of aliphatic hydroxyl groups is 2. The number of halogens is 12. The number of hydrogen-bond donors (Lipinski definition) is 3. The molecule has 0 unspecified atom stereocenters. The third-order valence-electron chi connectivity index (χ3n) is 20.1. The van der Waals surface area contributed by atoms with Gasteiger partial charge in [-0.25, -0.2) is 0 Å². The molecule has 4 fully saturated rings. The van der Waals surface area contributed by atoms with Gasteiger partial charge in [-0.2, -0.15) is 63.2 Å². The lowest BCUT2D eigenvalue weighted by Crippen LogP contribution is -2.68. The van der Waals surface area contributed by atoms with Crippen molar-refractivity contribution >= 4 is 46.3 Å². The van der Waals surface area contributed by atoms with E-state index in [1.54, 1.807) is 56.3 Å². The number of likely N-dealkylation sites (tertiary alicyclic amines) is 4. The van der Waals surface area contributed by atoms with Gasteiger partial charge in [-0.05, 0) is 82.1 Å². The van der Waals surface area contributed by atoms with E-state index in [1.165, 1.54) is 15.9 Å². The second-order valence-electron chi connectivity index (χ2n) is 26.6. The number of H-pyrrole nitrogens is 1. The van der Waals surface area contributed by atoms with Crippen molar-refractivity contribution in [3.8, 4) is 29.1 Å². The van der Waals surface area contributed by atoms with Crippen LogP contribution < -0.4 is 18.9 Å². The number of piperidine rings is 4. The lowest BCUT2D eigenvalue weighted by molar-refractivity contribution is -0.161. The van der Waals surface area contributed by atoms with E-state index < -0.39 is 127 Å². The number of benzene rings is 2. The van der Waals surface area contributed by atoms with Crippen molar-refractivity contribution in [2.75, 3.05) is 45.9 Å². The first-order valence-corrected chi connectivity index (χ1v) is 36.0. The minimum Gasteiger partial charge on any atom is -0.493 e. The Morgan fingerprint density at radius 1 is 0.642 bits per heavy atom. The Bertz CT molecular complexity index is 4300. The maximum atomic E-state index is 15.7. The summed E-state index contributed by atoms with van der Waals surface area (Å²) in [5.41, 5.74) is -11.0. The van der Waals surface area contributed by atoms with Gasteiger partial charge in [-0.15, -0.1) is 32.9 Å². The summed E-state index contributed by atoms with van der Waals surface area (Å²) in [7, 11) is 0. The van der Waals surface area contributed by atoms with E-state index >= 15 is 27.6 Å². The Hall–Kier alpha value is -9.14. The maximum Gasteiger partial charge on any atom is 0.425 e. The van der Waals surface area contributed by atoms with Crippen molar-refractivity contribution in [2.24, 2.45) is 0 Å². The van der Waals surface area contributed by atoms with Gasteiger partial charge in [0.15, 0.2) is 12.1 Å². The van der Waals surface area contributed by atoms with Crippen LogP contribution >= 0.6 is 22.7 Å². The molecule has 4 atom stereocenters. The minimum absolute atomic E-state index is 0.0177. The molecule has 4 saturated heterocycles. The van der Waals surface area contributed by atoms with Crippen LogP contribution in [-0.2, 0) is 51.7 Å². The Morgan fingerprint density at radius 3 is 1.63 bits per heavy atom. The summed E-state index contributed by atoms with van der Waals surface area (Å²) in [5, 5.41) is 46.5. The highest BCUT2D eigenvalue weighted by Crippen LogP contribution is 2.50. The number of rotatable bonds is 23. The number of tetrazole rings is 1. The van der Waals surface area contributed by atoms with Gasteiger partial charge >= 0.3 is 24.7 Å². The molecule has 11 rings (SSSR count). The number of para-hydroxylation sites is 2. The van der Waals surface area contributed by atoms with Crippen LogP contribution in [-0.4, -0.2) is 159 Å². The third kappa shape index (κ3) is 16.0. The molecule has 0 spiro atoms. The highest BCUT2D eigenvalue weighted by atomic mass is 32.1. The number of aromatic nitrogens is 6. The monoisotopic (exact) mass is 1530 g/mol. The summed E-state index contributed by atoms with van der Waals surface area (Å²) >= 11 is 0.577. The second kappa shape index (κ2) is 31.4. The smallest absolute Gasteiger partial charge is 0.425 e. The van der Waals surface area contributed by atoms with Crippen molar-refractivity contribution in [1.82, 2.24) is 50.2 Å². The van der Waals surface area contributed by atoms with Gasteiger partial charge in [0.2, 0.25) is 11.2 Å². The molecule has 4 aliphatic rings. The standard InChI is InChI=1S/C71H73F12N11O10S2/c1-3-12-54-67(104-45-36-57(106-41-45)71(81,82)83,21-10-27-93(54)59(97)46-37-85-26-19-48(46)68(72,73)74)63(100)92-31-24-65(25-32-92,61-87-89-90-88-61)50-15-6-8-17-53(50)102-39-43-34-51(69(75,76)77)47(38-86-43)60(98)94-28-11-20-66(55(94)13-4-2,103-44-35-56(105-40-44)70(78,79)80)62(99)91-29-22-64(42-84,23-30-91)49-14-5-7-16-52(49)101-33-9-18-58(95)96/h5-8,14-17,19,26,34-38,40-41,54-55,58,95-96H,3-4,9-13,18,20-25,27-33,39H2,1-2H3,(H,87,88,89,90)/t54-,55-,66+,67+/m1/s1. The molecule has 0 saturated carbocycles. The molecule has 35 heteroatoms. The molecule has 106 heavy (non-hydrogen) atoms. The third-order valence-corrected chi connectivity index (χ3v) is 22.0. The number of pyridine rings is 2. The number of aliphatic hydroxyl groups excluding tert-OH is 1. The first-order valence-electron chi connectivity index (χ1n) is 34.3. The van der Waals surface area contributed by atoms with Gasteiger partial charge < -0.3 is 48.8 Å². The van der Waals surface area contributed by atoms with Crippen LogP contribution in [0.5, 0.6) is 23.0 Å². The van der Waals surface area contributed by atoms with Crippen LogP contribution in [0, 0.1) is 11.3 Å². The molecule has 4 aliphatic heterocycles. The Morgan fingerprint density at radius 2 is 1.15 bits per heavy atom. The average Bonchev–Trinajstić information content (AvgIpc) is 1.01. The Labute approximate surface area is 607 Å². The summed E-state index contributed by atoms with van der Waals surface area (Å²) in [5.74, 6) is -4.21. The Balaban J connectivity index is 0.865. The van der Waals surface area contributed by atoms with Crippen molar-refractivity contribution in [2.45, 2.75) is 175 Å². The topological polar surface area (TPSA) is 263 Å². The highest BCUT2D eigenvalue weighted by molar-refractivity contribution is 7.10. The summed E-state index contributed by atoms with van der Waals surface area (Å²) in [6, 6.07) is 15.4. The molecule has 9 heterocycles. The van der Waals surface area contributed by atoms with Crippen LogP contribution in [0.15, 0.2) is 102 Å². The van der Waals surface area contributed by atoms with E-state index in [9.17, 15) is 59.8 Å². The zero-order valence-corrected chi connectivity index (χ0v) is 58.7. The van der Waals surface area contributed by atoms with Gasteiger partial charge in [0.1, 0.15) is 39.4 Å². The lowest BCUT2D eigenvalue weighted by Gasteiger charge is -2.51. The summed E-state index contributed by atoms with van der Waals surface area (Å²) < 4.78 is 201. The number of alkyl halides is 12. The van der Waals surface area contributed by atoms with E-state index in [1.807, 2.05) is 0 Å². The van der Waals surface area contributed by atoms with Gasteiger partial charge in [0.25, 0.3) is 23.6 Å². The Kier molecular flexibility index (Phi) is 23.1. The predicted molar refractivity (Wildman–Crippen MR) is 356 cm³/mol. The zero-order valence-electron chi connectivity index (χ0n) is 57.1. The summed E-state index contributed by atoms with van der Waals surface area (Å²) in [6.45, 7) is 1.77. The molecule has 3 N–H and O–H groups in total. The van der Waals surface area contributed by atoms with Gasteiger partial charge in [-0.1, -0.05) is 68.3 Å². The number of nitrogens with one attached hydrogen (secondary N) is 1. The normalized spacial score (nSPS) is 20.8. The fourth-order valence-corrected chi connectivity index (χ4v) is 16.4. The van der Waals surface area contributed by atoms with Crippen molar-refractivity contribution in [3.63, 3.8) is 0 Å². The molecular formula is C71H73F12N11O10S2. The number of nitriles is 1. The predicted octanol–water partition coefficient (Wildman–Crippen LogP) is 13.4. The molecule has 0 radical (unpaired) electrons. The van der Waals surface area contributed by atoms with Crippen molar-refractivity contribution in [3.05, 3.63) is 157 Å². The van der Waals surface area contributed by atoms with Crippen molar-refractivity contribution < 1.29 is 101 Å². The molecule has 0 bridgehead atoms. The average molecular weight is 1530 g/mol. The van der Waals surface area contributed by atoms with E-state index in [-0.39, 0.29) is 176 Å². The number of ether oxygens (including phenoxy) is 4. The molecule has 0 aliphatic carbocycles. The number of carbonyl (C=O) groups excluding carboxylic acids is 4. The van der Waals surface area contributed by atoms with Crippen LogP contribution in [0.3, 0.4) is 0 Å². The number of thiophene rings is 2. The van der Waals surface area contributed by atoms with Gasteiger partial charge in [-0.3, -0.25) is 29.1 Å². The number of amides is 4. The minimum atomic E-state index is -5.26. The SMILES string of the molecule is CCC[C@H]1N(C(=O)c2cnc(COc3ccccc3C3(c4nn[nH]n4)CCN(C(=O)[C@]4(Oc5csc(C(F)(F)F)c5)CCCN(C(=O)c5cnccc5C(F)(F)F)[C@@H]4CCC)CC3)cc2C(F)(F)F)CCC[C@@]1(Oc1csc(C(F)(F)F)c1)C(=O)N1CCC(C#N)(c2ccccc2OCCCC(O)O)CC1. The first-order chi connectivity index (χ1) is 50.3. The molecule has 2 aromatic carbocycles. The number of aromatic amines is 1. The quantitative estimate of drug-likeness (QED) is 0.0305. The number of carbonyl (C=O) groups is 4.